The number of ether oxygens (including phenoxy) is 2. The van der Waals surface area contributed by atoms with Crippen molar-refractivity contribution < 1.29 is 40.0 Å². The maximum Gasteiger partial charge on any atom is 0.265 e. The fourth-order valence-corrected chi connectivity index (χ4v) is 8.93. The number of hydrogen-bond donors (Lipinski definition) is 2. The van der Waals surface area contributed by atoms with Crippen LogP contribution in [0.4, 0.5) is 5.69 Å². The van der Waals surface area contributed by atoms with E-state index >= 15 is 0 Å². The van der Waals surface area contributed by atoms with E-state index in [2.05, 4.69) is 34.6 Å². The van der Waals surface area contributed by atoms with Gasteiger partial charge in [-0.25, -0.2) is 0 Å². The molecule has 1 unspecified atom stereocenters. The van der Waals surface area contributed by atoms with Crippen LogP contribution in [0.1, 0.15) is 37.6 Å². The first kappa shape index (κ1) is 33.5. The first-order valence-electron chi connectivity index (χ1n) is 14.5. The van der Waals surface area contributed by atoms with Gasteiger partial charge in [0.15, 0.2) is 6.54 Å². The number of rotatable bonds is 12. The van der Waals surface area contributed by atoms with Gasteiger partial charge in [0.25, 0.3) is 25.2 Å². The molecule has 242 valence electrons. The van der Waals surface area contributed by atoms with E-state index in [4.69, 9.17) is 9.47 Å². The highest BCUT2D eigenvalue weighted by molar-refractivity contribution is 8.03. The summed E-state index contributed by atoms with van der Waals surface area (Å²) < 4.78 is 78.3. The molecule has 0 saturated carbocycles. The summed E-state index contributed by atoms with van der Waals surface area (Å²) in [6.07, 6.45) is 8.79. The molecule has 14 heteroatoms. The molecule has 2 N–H and O–H groups in total. The second-order valence-corrected chi connectivity index (χ2v) is 16.5. The van der Waals surface area contributed by atoms with Gasteiger partial charge in [0, 0.05) is 30.0 Å². The van der Waals surface area contributed by atoms with Crippen molar-refractivity contribution in [3.8, 4) is 11.5 Å². The van der Waals surface area contributed by atoms with E-state index < -0.39 is 20.2 Å². The third kappa shape index (κ3) is 8.69. The average molecular weight is 694 g/mol. The van der Waals surface area contributed by atoms with Gasteiger partial charge >= 0.3 is 0 Å². The number of aryl methyl sites for hydroxylation is 1. The molecule has 2 aromatic carbocycles. The van der Waals surface area contributed by atoms with Crippen molar-refractivity contribution in [2.45, 2.75) is 44.0 Å². The van der Waals surface area contributed by atoms with Crippen LogP contribution in [0.3, 0.4) is 0 Å². The van der Waals surface area contributed by atoms with Gasteiger partial charge in [-0.05, 0) is 66.7 Å². The summed E-state index contributed by atoms with van der Waals surface area (Å²) in [6, 6.07) is 11.7. The third-order valence-corrected chi connectivity index (χ3v) is 11.4. The Balaban J connectivity index is 1.49. The molecule has 1 aliphatic carbocycles. The molecule has 2 aliphatic rings. The Morgan fingerprint density at radius 2 is 1.64 bits per heavy atom. The Hall–Kier alpha value is -2.88. The molecule has 5 rings (SSSR count). The van der Waals surface area contributed by atoms with Crippen LogP contribution in [0.15, 0.2) is 69.6 Å². The second-order valence-electron chi connectivity index (χ2n) is 11.2. The highest BCUT2D eigenvalue weighted by Crippen LogP contribution is 2.48. The topological polar surface area (TPSA) is 134 Å². The monoisotopic (exact) mass is 693 g/mol. The summed E-state index contributed by atoms with van der Waals surface area (Å²) in [5.41, 5.74) is 4.16. The Morgan fingerprint density at radius 3 is 2.36 bits per heavy atom. The first-order chi connectivity index (χ1) is 21.3. The quantitative estimate of drug-likeness (QED) is 0.173. The lowest BCUT2D eigenvalue weighted by Gasteiger charge is -2.23. The maximum absolute atomic E-state index is 11.4. The molecule has 1 aromatic heterocycles. The van der Waals surface area contributed by atoms with Crippen molar-refractivity contribution in [1.82, 2.24) is 0 Å². The van der Waals surface area contributed by atoms with Crippen molar-refractivity contribution in [1.29, 1.82) is 0 Å². The molecule has 1 atom stereocenters. The number of aromatic nitrogens is 1. The number of hydrogen-bond acceptors (Lipinski definition) is 9. The zero-order chi connectivity index (χ0) is 32.4. The van der Waals surface area contributed by atoms with Gasteiger partial charge in [0.2, 0.25) is 5.52 Å². The first-order valence-corrected chi connectivity index (χ1v) is 19.3. The largest absolute Gasteiger partial charge is 0.497 e. The zero-order valence-corrected chi connectivity index (χ0v) is 28.6. The van der Waals surface area contributed by atoms with Gasteiger partial charge in [0.05, 0.1) is 42.5 Å². The molecule has 0 amide bonds. The minimum Gasteiger partial charge on any atom is -0.497 e. The highest BCUT2D eigenvalue weighted by atomic mass is 32.2. The number of anilines is 1. The molecule has 3 aromatic rings. The molecule has 0 spiro atoms. The molecule has 2 heterocycles. The molecule has 45 heavy (non-hydrogen) atoms. The van der Waals surface area contributed by atoms with Crippen LogP contribution in [0.2, 0.25) is 0 Å². The second kappa shape index (κ2) is 13.9. The predicted octanol–water partition coefficient (Wildman–Crippen LogP) is 5.96. The van der Waals surface area contributed by atoms with Crippen LogP contribution in [0, 0.1) is 5.92 Å². The van der Waals surface area contributed by atoms with Crippen molar-refractivity contribution in [3.05, 3.63) is 69.7 Å². The van der Waals surface area contributed by atoms with Gasteiger partial charge in [-0.1, -0.05) is 36.1 Å². The minimum absolute atomic E-state index is 0.266. The Bertz CT molecular complexity index is 1900. The lowest BCUT2D eigenvalue weighted by molar-refractivity contribution is -0.668. The molecule has 1 aliphatic heterocycles. The maximum atomic E-state index is 11.4. The van der Waals surface area contributed by atoms with Gasteiger partial charge < -0.3 is 14.4 Å². The molecule has 0 bridgehead atoms. The summed E-state index contributed by atoms with van der Waals surface area (Å²) in [5, 5.41) is 1.95. The SMILES string of the molecule is COc1ccc2c(c1)N(CCCS(=O)(=O)O)C(=CC1=CC(=Cc3sc4ccc(OC)cc4[n+]3CCCS(=O)(=O)O)CC(C)C1)S2. The fraction of sp³-hybridized carbons (Fsp3) is 0.387. The molecule has 0 saturated heterocycles. The van der Waals surface area contributed by atoms with Crippen LogP contribution < -0.4 is 18.9 Å². The Morgan fingerprint density at radius 1 is 0.956 bits per heavy atom. The van der Waals surface area contributed by atoms with Crippen molar-refractivity contribution in [3.63, 3.8) is 0 Å². The highest BCUT2D eigenvalue weighted by Gasteiger charge is 2.28. The van der Waals surface area contributed by atoms with Crippen molar-refractivity contribution in [2.75, 3.05) is 37.2 Å². The van der Waals surface area contributed by atoms with E-state index in [-0.39, 0.29) is 24.3 Å². The normalized spacial score (nSPS) is 18.9. The lowest BCUT2D eigenvalue weighted by Crippen LogP contribution is -2.36. The zero-order valence-electron chi connectivity index (χ0n) is 25.3. The molecular formula is C31H37N2O8S4+. The van der Waals surface area contributed by atoms with Crippen LogP contribution in [0.5, 0.6) is 11.5 Å². The van der Waals surface area contributed by atoms with Crippen LogP contribution >= 0.6 is 23.1 Å². The number of thiazole rings is 1. The number of fused-ring (bicyclic) bond motifs is 2. The van der Waals surface area contributed by atoms with Gasteiger partial charge in [-0.2, -0.15) is 21.4 Å². The van der Waals surface area contributed by atoms with E-state index in [0.717, 1.165) is 54.8 Å². The minimum atomic E-state index is -4.07. The Labute approximate surface area is 272 Å². The van der Waals surface area contributed by atoms with Gasteiger partial charge in [-0.15, -0.1) is 0 Å². The van der Waals surface area contributed by atoms with Gasteiger partial charge in [-0.3, -0.25) is 9.11 Å². The smallest absolute Gasteiger partial charge is 0.265 e. The average Bonchev–Trinajstić information content (AvgIpc) is 3.47. The predicted molar refractivity (Wildman–Crippen MR) is 179 cm³/mol. The standard InChI is InChI=1S/C31H36N2O8S4/c1-21-14-22(17-30-32(10-4-12-44(34,35)36)26-19-24(40-2)6-8-28(26)42-30)16-23(15-21)18-31-33(11-5-13-45(37,38)39)27-20-25(41-3)7-9-29(27)43-31/h6-9,16-21H,4-5,10-15H2,1-3H3,(H-,34,35,36,37,38,39)/p+1. The Kier molecular flexibility index (Phi) is 10.3. The summed E-state index contributed by atoms with van der Waals surface area (Å²) in [7, 11) is -4.93. The van der Waals surface area contributed by atoms with Gasteiger partial charge in [0.1, 0.15) is 16.2 Å². The van der Waals surface area contributed by atoms with Crippen LogP contribution in [0.25, 0.3) is 16.3 Å². The van der Waals surface area contributed by atoms with E-state index in [1.165, 1.54) is 0 Å². The lowest BCUT2D eigenvalue weighted by atomic mass is 9.87. The summed E-state index contributed by atoms with van der Waals surface area (Å²) in [6.45, 7) is 3.04. The number of thioether (sulfide) groups is 1. The summed E-state index contributed by atoms with van der Waals surface area (Å²) in [5.74, 6) is 1.14. The number of allylic oxidation sites excluding steroid dienone is 4. The summed E-state index contributed by atoms with van der Waals surface area (Å²) >= 11 is 3.23. The van der Waals surface area contributed by atoms with Crippen LogP contribution in [-0.4, -0.2) is 58.2 Å². The molecule has 0 radical (unpaired) electrons. The van der Waals surface area contributed by atoms with E-state index in [9.17, 15) is 25.9 Å². The van der Waals surface area contributed by atoms with Crippen molar-refractivity contribution >= 4 is 65.3 Å². The molecular weight excluding hydrogens is 657 g/mol. The van der Waals surface area contributed by atoms with Crippen molar-refractivity contribution in [2.24, 2.45) is 5.92 Å². The molecule has 10 nitrogen and oxygen atoms in total. The van der Waals surface area contributed by atoms with E-state index in [1.807, 2.05) is 36.4 Å². The fourth-order valence-electron chi connectivity index (χ4n) is 5.65. The summed E-state index contributed by atoms with van der Waals surface area (Å²) in [4.78, 5) is 3.13. The molecule has 0 fully saturated rings. The van der Waals surface area contributed by atoms with Crippen LogP contribution in [-0.2, 0) is 26.8 Å². The number of methoxy groups -OCH3 is 2. The number of benzene rings is 2. The van der Waals surface area contributed by atoms with E-state index in [1.54, 1.807) is 37.3 Å². The van der Waals surface area contributed by atoms with E-state index in [0.29, 0.717) is 30.5 Å². The number of nitrogens with zero attached hydrogens (tertiary/aromatic N) is 2. The third-order valence-electron chi connectivity index (χ3n) is 7.60.